The Kier molecular flexibility index (Phi) is 4.49. The predicted molar refractivity (Wildman–Crippen MR) is 85.0 cm³/mol. The van der Waals surface area contributed by atoms with E-state index in [0.29, 0.717) is 22.9 Å². The van der Waals surface area contributed by atoms with Crippen LogP contribution in [0.3, 0.4) is 0 Å². The number of nitriles is 1. The van der Waals surface area contributed by atoms with Crippen LogP contribution in [0.2, 0.25) is 0 Å². The lowest BCUT2D eigenvalue weighted by Gasteiger charge is -2.08. The van der Waals surface area contributed by atoms with Crippen LogP contribution in [-0.4, -0.2) is 22.7 Å². The third-order valence-electron chi connectivity index (χ3n) is 3.15. The van der Waals surface area contributed by atoms with E-state index < -0.39 is 0 Å². The maximum Gasteiger partial charge on any atom is 0.262 e. The van der Waals surface area contributed by atoms with Gasteiger partial charge in [0.05, 0.1) is 11.3 Å². The molecule has 3 aromatic rings. The molecule has 0 aliphatic rings. The van der Waals surface area contributed by atoms with Crippen molar-refractivity contribution in [2.24, 2.45) is 0 Å². The van der Waals surface area contributed by atoms with Crippen molar-refractivity contribution < 1.29 is 13.9 Å². The lowest BCUT2D eigenvalue weighted by molar-refractivity contribution is -0.118. The molecule has 0 aliphatic heterocycles. The molecule has 0 spiro atoms. The molecule has 0 unspecified atom stereocenters. The van der Waals surface area contributed by atoms with Gasteiger partial charge in [0.1, 0.15) is 11.8 Å². The van der Waals surface area contributed by atoms with Crippen molar-refractivity contribution in [3.63, 3.8) is 0 Å². The SMILES string of the molecule is N#Cc1ccccc1NC(=O)COc1ccc(-c2nnco2)cc1. The summed E-state index contributed by atoms with van der Waals surface area (Å²) in [6.45, 7) is -0.167. The average Bonchev–Trinajstić information content (AvgIpc) is 3.15. The van der Waals surface area contributed by atoms with Gasteiger partial charge in [0.15, 0.2) is 6.61 Å². The van der Waals surface area contributed by atoms with Crippen molar-refractivity contribution in [1.82, 2.24) is 10.2 Å². The zero-order chi connectivity index (χ0) is 16.8. The number of aromatic nitrogens is 2. The largest absolute Gasteiger partial charge is 0.484 e. The average molecular weight is 320 g/mol. The summed E-state index contributed by atoms with van der Waals surface area (Å²) in [5.41, 5.74) is 1.61. The predicted octanol–water partition coefficient (Wildman–Crippen LogP) is 2.63. The van der Waals surface area contributed by atoms with E-state index in [1.807, 2.05) is 6.07 Å². The molecule has 7 heteroatoms. The third kappa shape index (κ3) is 3.56. The number of hydrogen-bond acceptors (Lipinski definition) is 6. The standard InChI is InChI=1S/C17H12N4O3/c18-9-13-3-1-2-4-15(13)20-16(22)10-23-14-7-5-12(6-8-14)17-21-19-11-24-17/h1-8,11H,10H2,(H,20,22). The van der Waals surface area contributed by atoms with E-state index in [4.69, 9.17) is 14.4 Å². The Morgan fingerprint density at radius 1 is 1.21 bits per heavy atom. The normalized spacial score (nSPS) is 9.96. The lowest BCUT2D eigenvalue weighted by Crippen LogP contribution is -2.20. The van der Waals surface area contributed by atoms with E-state index in [0.717, 1.165) is 5.56 Å². The minimum atomic E-state index is -0.348. The number of nitrogens with zero attached hydrogens (tertiary/aromatic N) is 3. The number of para-hydroxylation sites is 1. The van der Waals surface area contributed by atoms with Crippen molar-refractivity contribution >= 4 is 11.6 Å². The molecule has 3 rings (SSSR count). The molecule has 1 aromatic heterocycles. The summed E-state index contributed by atoms with van der Waals surface area (Å²) < 4.78 is 10.5. The summed E-state index contributed by atoms with van der Waals surface area (Å²) in [5, 5.41) is 19.1. The smallest absolute Gasteiger partial charge is 0.262 e. The Labute approximate surface area is 137 Å². The highest BCUT2D eigenvalue weighted by atomic mass is 16.5. The Morgan fingerprint density at radius 2 is 2.00 bits per heavy atom. The number of carbonyl (C=O) groups excluding carboxylic acids is 1. The minimum Gasteiger partial charge on any atom is -0.484 e. The van der Waals surface area contributed by atoms with Crippen molar-refractivity contribution in [3.05, 3.63) is 60.5 Å². The quantitative estimate of drug-likeness (QED) is 0.775. The van der Waals surface area contributed by atoms with E-state index in [2.05, 4.69) is 15.5 Å². The molecule has 0 atom stereocenters. The summed E-state index contributed by atoms with van der Waals surface area (Å²) >= 11 is 0. The number of hydrogen-bond donors (Lipinski definition) is 1. The first-order chi connectivity index (χ1) is 11.8. The highest BCUT2D eigenvalue weighted by Gasteiger charge is 2.08. The Bertz CT molecular complexity index is 868. The molecule has 118 valence electrons. The second-order valence-corrected chi connectivity index (χ2v) is 4.76. The number of carbonyl (C=O) groups is 1. The number of nitrogens with one attached hydrogen (secondary N) is 1. The minimum absolute atomic E-state index is 0.167. The van der Waals surface area contributed by atoms with Crippen LogP contribution in [0.1, 0.15) is 5.56 Å². The first kappa shape index (κ1) is 15.2. The van der Waals surface area contributed by atoms with Crippen LogP contribution in [0.5, 0.6) is 5.75 Å². The maximum atomic E-state index is 11.9. The molecule has 24 heavy (non-hydrogen) atoms. The first-order valence-corrected chi connectivity index (χ1v) is 7.04. The van der Waals surface area contributed by atoms with Crippen LogP contribution < -0.4 is 10.1 Å². The Morgan fingerprint density at radius 3 is 2.71 bits per heavy atom. The van der Waals surface area contributed by atoms with Gasteiger partial charge in [-0.15, -0.1) is 10.2 Å². The molecule has 0 radical (unpaired) electrons. The van der Waals surface area contributed by atoms with E-state index in [9.17, 15) is 4.79 Å². The zero-order valence-corrected chi connectivity index (χ0v) is 12.5. The van der Waals surface area contributed by atoms with Crippen LogP contribution in [0.4, 0.5) is 5.69 Å². The number of ether oxygens (including phenoxy) is 1. The molecule has 7 nitrogen and oxygen atoms in total. The summed E-state index contributed by atoms with van der Waals surface area (Å²) in [6.07, 6.45) is 1.25. The number of rotatable bonds is 5. The van der Waals surface area contributed by atoms with Gasteiger partial charge in [0.25, 0.3) is 5.91 Å². The van der Waals surface area contributed by atoms with Gasteiger partial charge >= 0.3 is 0 Å². The molecule has 0 aliphatic carbocycles. The maximum absolute atomic E-state index is 11.9. The number of anilines is 1. The summed E-state index contributed by atoms with van der Waals surface area (Å²) in [6, 6.07) is 15.7. The second-order valence-electron chi connectivity index (χ2n) is 4.76. The highest BCUT2D eigenvalue weighted by Crippen LogP contribution is 2.20. The fourth-order valence-corrected chi connectivity index (χ4v) is 2.02. The van der Waals surface area contributed by atoms with E-state index in [-0.39, 0.29) is 12.5 Å². The topological polar surface area (TPSA) is 101 Å². The molecule has 0 fully saturated rings. The van der Waals surface area contributed by atoms with Gasteiger partial charge in [-0.25, -0.2) is 0 Å². The van der Waals surface area contributed by atoms with Crippen LogP contribution in [0, 0.1) is 11.3 Å². The van der Waals surface area contributed by atoms with Crippen molar-refractivity contribution in [1.29, 1.82) is 5.26 Å². The molecule has 0 bridgehead atoms. The van der Waals surface area contributed by atoms with Gasteiger partial charge < -0.3 is 14.5 Å². The molecule has 0 saturated carbocycles. The Hall–Kier alpha value is -3.66. The van der Waals surface area contributed by atoms with Crippen LogP contribution >= 0.6 is 0 Å². The highest BCUT2D eigenvalue weighted by molar-refractivity contribution is 5.93. The zero-order valence-electron chi connectivity index (χ0n) is 12.5. The van der Waals surface area contributed by atoms with Gasteiger partial charge in [-0.05, 0) is 36.4 Å². The van der Waals surface area contributed by atoms with Crippen LogP contribution in [0.25, 0.3) is 11.5 Å². The first-order valence-electron chi connectivity index (χ1n) is 7.04. The molecule has 1 N–H and O–H groups in total. The monoisotopic (exact) mass is 320 g/mol. The fraction of sp³-hybridized carbons (Fsp3) is 0.0588. The third-order valence-corrected chi connectivity index (χ3v) is 3.15. The van der Waals surface area contributed by atoms with Gasteiger partial charge in [0.2, 0.25) is 12.3 Å². The summed E-state index contributed by atoms with van der Waals surface area (Å²) in [4.78, 5) is 11.9. The van der Waals surface area contributed by atoms with Crippen LogP contribution in [-0.2, 0) is 4.79 Å². The molecule has 0 saturated heterocycles. The van der Waals surface area contributed by atoms with Gasteiger partial charge in [-0.1, -0.05) is 12.1 Å². The van der Waals surface area contributed by atoms with Crippen molar-refractivity contribution in [2.75, 3.05) is 11.9 Å². The van der Waals surface area contributed by atoms with Crippen LogP contribution in [0.15, 0.2) is 59.3 Å². The molecular formula is C17H12N4O3. The summed E-state index contributed by atoms with van der Waals surface area (Å²) in [5.74, 6) is 0.591. The fourth-order valence-electron chi connectivity index (χ4n) is 2.02. The van der Waals surface area contributed by atoms with E-state index in [1.54, 1.807) is 48.5 Å². The molecule has 2 aromatic carbocycles. The lowest BCUT2D eigenvalue weighted by atomic mass is 10.2. The summed E-state index contributed by atoms with van der Waals surface area (Å²) in [7, 11) is 0. The van der Waals surface area contributed by atoms with E-state index in [1.165, 1.54) is 6.39 Å². The molecule has 1 heterocycles. The number of benzene rings is 2. The molecular weight excluding hydrogens is 308 g/mol. The van der Waals surface area contributed by atoms with Gasteiger partial charge in [-0.3, -0.25) is 4.79 Å². The van der Waals surface area contributed by atoms with Gasteiger partial charge in [-0.2, -0.15) is 5.26 Å². The van der Waals surface area contributed by atoms with Crippen molar-refractivity contribution in [3.8, 4) is 23.3 Å². The second kappa shape index (κ2) is 7.07. The molecule has 1 amide bonds. The van der Waals surface area contributed by atoms with Crippen molar-refractivity contribution in [2.45, 2.75) is 0 Å². The van der Waals surface area contributed by atoms with Gasteiger partial charge in [0, 0.05) is 5.56 Å². The Balaban J connectivity index is 1.57. The van der Waals surface area contributed by atoms with E-state index >= 15 is 0 Å². The number of amides is 1.